The zero-order valence-corrected chi connectivity index (χ0v) is 13.7. The van der Waals surface area contributed by atoms with Crippen LogP contribution in [-0.2, 0) is 19.6 Å². The lowest BCUT2D eigenvalue weighted by molar-refractivity contribution is -0.143. The lowest BCUT2D eigenvalue weighted by Gasteiger charge is -2.20. The molecule has 0 unspecified atom stereocenters. The molecule has 0 spiro atoms. The van der Waals surface area contributed by atoms with Crippen molar-refractivity contribution in [1.29, 1.82) is 0 Å². The number of nitrogen functional groups attached to an aromatic ring is 1. The standard InChI is InChI=1S/C12H17BrN2O4S/c1-3-15(8-12(16)19-4-2)20(17,18)11-7-9(13)5-6-10(11)14/h5-7H,3-4,8,14H2,1-2H3. The fourth-order valence-corrected chi connectivity index (χ4v) is 3.64. The maximum Gasteiger partial charge on any atom is 0.321 e. The highest BCUT2D eigenvalue weighted by Gasteiger charge is 2.27. The minimum Gasteiger partial charge on any atom is -0.465 e. The number of esters is 1. The molecule has 0 saturated heterocycles. The summed E-state index contributed by atoms with van der Waals surface area (Å²) in [5.74, 6) is -0.591. The second kappa shape index (κ2) is 7.05. The summed E-state index contributed by atoms with van der Waals surface area (Å²) < 4.78 is 31.4. The van der Waals surface area contributed by atoms with E-state index in [-0.39, 0.29) is 30.3 Å². The highest BCUT2D eigenvalue weighted by Crippen LogP contribution is 2.25. The fraction of sp³-hybridized carbons (Fsp3) is 0.417. The zero-order chi connectivity index (χ0) is 15.3. The number of sulfonamides is 1. The van der Waals surface area contributed by atoms with E-state index in [0.717, 1.165) is 4.31 Å². The lowest BCUT2D eigenvalue weighted by atomic mass is 10.3. The zero-order valence-electron chi connectivity index (χ0n) is 11.3. The van der Waals surface area contributed by atoms with E-state index < -0.39 is 16.0 Å². The quantitative estimate of drug-likeness (QED) is 0.611. The summed E-state index contributed by atoms with van der Waals surface area (Å²) in [7, 11) is -3.84. The van der Waals surface area contributed by atoms with Gasteiger partial charge in [0.25, 0.3) is 0 Å². The van der Waals surface area contributed by atoms with Crippen LogP contribution in [0.25, 0.3) is 0 Å². The number of nitrogens with zero attached hydrogens (tertiary/aromatic N) is 1. The van der Waals surface area contributed by atoms with Crippen molar-refractivity contribution >= 4 is 37.6 Å². The molecule has 1 aromatic rings. The number of rotatable bonds is 6. The summed E-state index contributed by atoms with van der Waals surface area (Å²) in [6.07, 6.45) is 0. The van der Waals surface area contributed by atoms with Gasteiger partial charge in [0.05, 0.1) is 12.3 Å². The molecule has 2 N–H and O–H groups in total. The minimum atomic E-state index is -3.84. The lowest BCUT2D eigenvalue weighted by Crippen LogP contribution is -2.36. The van der Waals surface area contributed by atoms with Crippen molar-refractivity contribution < 1.29 is 17.9 Å². The molecule has 20 heavy (non-hydrogen) atoms. The Hall–Kier alpha value is -1.12. The van der Waals surface area contributed by atoms with Crippen LogP contribution in [0.2, 0.25) is 0 Å². The number of likely N-dealkylation sites (N-methyl/N-ethyl adjacent to an activating group) is 1. The van der Waals surface area contributed by atoms with Crippen molar-refractivity contribution in [3.05, 3.63) is 22.7 Å². The predicted molar refractivity (Wildman–Crippen MR) is 79.6 cm³/mol. The van der Waals surface area contributed by atoms with Gasteiger partial charge < -0.3 is 10.5 Å². The number of benzene rings is 1. The predicted octanol–water partition coefficient (Wildman–Crippen LogP) is 1.61. The molecule has 0 amide bonds. The Bertz CT molecular complexity index is 589. The first-order valence-corrected chi connectivity index (χ1v) is 8.27. The number of carbonyl (C=O) groups is 1. The highest BCUT2D eigenvalue weighted by atomic mass is 79.9. The Kier molecular flexibility index (Phi) is 5.97. The van der Waals surface area contributed by atoms with Crippen LogP contribution in [0.4, 0.5) is 5.69 Å². The number of carbonyl (C=O) groups excluding carboxylic acids is 1. The molecule has 0 saturated carbocycles. The Labute approximate surface area is 127 Å². The second-order valence-corrected chi connectivity index (χ2v) is 6.74. The monoisotopic (exact) mass is 364 g/mol. The number of hydrogen-bond acceptors (Lipinski definition) is 5. The number of anilines is 1. The molecular weight excluding hydrogens is 348 g/mol. The van der Waals surface area contributed by atoms with Gasteiger partial charge in [0.1, 0.15) is 11.4 Å². The van der Waals surface area contributed by atoms with E-state index in [4.69, 9.17) is 10.5 Å². The first-order valence-electron chi connectivity index (χ1n) is 6.03. The number of nitrogens with two attached hydrogens (primary N) is 1. The van der Waals surface area contributed by atoms with E-state index in [2.05, 4.69) is 15.9 Å². The van der Waals surface area contributed by atoms with Crippen LogP contribution >= 0.6 is 15.9 Å². The van der Waals surface area contributed by atoms with Crippen LogP contribution in [-0.4, -0.2) is 38.4 Å². The SMILES string of the molecule is CCOC(=O)CN(CC)S(=O)(=O)c1cc(Br)ccc1N. The Morgan fingerprint density at radius 1 is 1.40 bits per heavy atom. The van der Waals surface area contributed by atoms with E-state index >= 15 is 0 Å². The molecule has 6 nitrogen and oxygen atoms in total. The third-order valence-electron chi connectivity index (χ3n) is 2.56. The Morgan fingerprint density at radius 3 is 2.60 bits per heavy atom. The molecule has 1 aromatic carbocycles. The van der Waals surface area contributed by atoms with Crippen LogP contribution < -0.4 is 5.73 Å². The molecule has 0 atom stereocenters. The van der Waals surface area contributed by atoms with Gasteiger partial charge in [-0.3, -0.25) is 4.79 Å². The molecule has 0 aromatic heterocycles. The van der Waals surface area contributed by atoms with Gasteiger partial charge in [0.2, 0.25) is 10.0 Å². The van der Waals surface area contributed by atoms with Crippen LogP contribution in [0.3, 0.4) is 0 Å². The number of ether oxygens (including phenoxy) is 1. The summed E-state index contributed by atoms with van der Waals surface area (Å²) in [5.41, 5.74) is 5.85. The van der Waals surface area contributed by atoms with Crippen LogP contribution in [0.5, 0.6) is 0 Å². The van der Waals surface area contributed by atoms with Crippen molar-refractivity contribution in [2.75, 3.05) is 25.4 Å². The van der Waals surface area contributed by atoms with E-state index in [1.165, 1.54) is 12.1 Å². The fourth-order valence-electron chi connectivity index (χ4n) is 1.59. The summed E-state index contributed by atoms with van der Waals surface area (Å²) in [6, 6.07) is 4.56. The van der Waals surface area contributed by atoms with Gasteiger partial charge in [-0.1, -0.05) is 22.9 Å². The second-order valence-electron chi connectivity index (χ2n) is 3.92. The van der Waals surface area contributed by atoms with Crippen molar-refractivity contribution in [1.82, 2.24) is 4.31 Å². The van der Waals surface area contributed by atoms with Crippen molar-refractivity contribution in [3.63, 3.8) is 0 Å². The Balaban J connectivity index is 3.12. The third kappa shape index (κ3) is 3.94. The summed E-state index contributed by atoms with van der Waals surface area (Å²) in [4.78, 5) is 11.4. The molecule has 8 heteroatoms. The molecule has 0 radical (unpaired) electrons. The number of halogens is 1. The van der Waals surface area contributed by atoms with Crippen LogP contribution in [0, 0.1) is 0 Å². The summed E-state index contributed by atoms with van der Waals surface area (Å²) in [6.45, 7) is 3.32. The summed E-state index contributed by atoms with van der Waals surface area (Å²) >= 11 is 3.21. The molecule has 0 aliphatic heterocycles. The molecule has 0 bridgehead atoms. The van der Waals surface area contributed by atoms with E-state index in [9.17, 15) is 13.2 Å². The topological polar surface area (TPSA) is 89.7 Å². The molecule has 112 valence electrons. The normalized spacial score (nSPS) is 11.6. The number of hydrogen-bond donors (Lipinski definition) is 1. The Morgan fingerprint density at radius 2 is 2.05 bits per heavy atom. The average Bonchev–Trinajstić information content (AvgIpc) is 2.38. The minimum absolute atomic E-state index is 0.0296. The van der Waals surface area contributed by atoms with Crippen molar-refractivity contribution in [2.45, 2.75) is 18.7 Å². The van der Waals surface area contributed by atoms with Gasteiger partial charge >= 0.3 is 5.97 Å². The maximum atomic E-state index is 12.5. The van der Waals surface area contributed by atoms with Gasteiger partial charge in [-0.2, -0.15) is 4.31 Å². The molecule has 0 aliphatic carbocycles. The largest absolute Gasteiger partial charge is 0.465 e. The third-order valence-corrected chi connectivity index (χ3v) is 5.03. The maximum absolute atomic E-state index is 12.5. The van der Waals surface area contributed by atoms with Gasteiger partial charge in [0.15, 0.2) is 0 Å². The van der Waals surface area contributed by atoms with Crippen molar-refractivity contribution in [2.24, 2.45) is 0 Å². The van der Waals surface area contributed by atoms with E-state index in [1.807, 2.05) is 0 Å². The smallest absolute Gasteiger partial charge is 0.321 e. The van der Waals surface area contributed by atoms with Crippen LogP contribution in [0.15, 0.2) is 27.6 Å². The van der Waals surface area contributed by atoms with Crippen molar-refractivity contribution in [3.8, 4) is 0 Å². The molecule has 1 rings (SSSR count). The first-order chi connectivity index (χ1) is 9.32. The van der Waals surface area contributed by atoms with E-state index in [1.54, 1.807) is 19.9 Å². The molecular formula is C12H17BrN2O4S. The van der Waals surface area contributed by atoms with Crippen LogP contribution in [0.1, 0.15) is 13.8 Å². The average molecular weight is 365 g/mol. The van der Waals surface area contributed by atoms with Gasteiger partial charge in [-0.05, 0) is 25.1 Å². The molecule has 0 fully saturated rings. The van der Waals surface area contributed by atoms with Gasteiger partial charge in [-0.25, -0.2) is 8.42 Å². The molecule has 0 aliphatic rings. The summed E-state index contributed by atoms with van der Waals surface area (Å²) in [5, 5.41) is 0. The van der Waals surface area contributed by atoms with Gasteiger partial charge in [0, 0.05) is 11.0 Å². The van der Waals surface area contributed by atoms with Gasteiger partial charge in [-0.15, -0.1) is 0 Å². The van der Waals surface area contributed by atoms with E-state index in [0.29, 0.717) is 4.47 Å². The highest BCUT2D eigenvalue weighted by molar-refractivity contribution is 9.10. The molecule has 0 heterocycles. The first kappa shape index (κ1) is 16.9.